The lowest BCUT2D eigenvalue weighted by atomic mass is 10.2. The second-order valence-electron chi connectivity index (χ2n) is 4.69. The summed E-state index contributed by atoms with van der Waals surface area (Å²) in [5, 5.41) is 5.42. The number of hydrogen-bond donors (Lipinski definition) is 2. The third-order valence-electron chi connectivity index (χ3n) is 2.91. The van der Waals surface area contributed by atoms with Gasteiger partial charge >= 0.3 is 0 Å². The summed E-state index contributed by atoms with van der Waals surface area (Å²) < 4.78 is 5.32. The minimum absolute atomic E-state index is 0.156. The molecule has 2 amide bonds. The summed E-state index contributed by atoms with van der Waals surface area (Å²) in [5.41, 5.74) is 0.599. The van der Waals surface area contributed by atoms with Crippen LogP contribution < -0.4 is 10.6 Å². The minimum atomic E-state index is -0.233. The topological polar surface area (TPSA) is 71.3 Å². The molecule has 0 saturated carbocycles. The van der Waals surface area contributed by atoms with Crippen LogP contribution in [0, 0.1) is 6.92 Å². The molecule has 2 N–H and O–H groups in total. The van der Waals surface area contributed by atoms with E-state index in [0.717, 1.165) is 5.76 Å². The summed E-state index contributed by atoms with van der Waals surface area (Å²) in [4.78, 5) is 23.3. The number of rotatable bonds is 6. The molecule has 0 saturated heterocycles. The van der Waals surface area contributed by atoms with Gasteiger partial charge in [0.15, 0.2) is 0 Å². The maximum atomic E-state index is 11.8. The fourth-order valence-corrected chi connectivity index (χ4v) is 1.81. The number of hydrogen-bond acceptors (Lipinski definition) is 3. The standard InChI is InChI=1S/C17H18N2O3/c1-13-7-8-15(22-13)9-10-16(20)18-11-12-19-17(21)14-5-3-2-4-6-14/h2-10H,11-12H2,1H3,(H,18,20)(H,19,21)/b10-9+. The molecule has 0 spiro atoms. The van der Waals surface area contributed by atoms with E-state index < -0.39 is 0 Å². The lowest BCUT2D eigenvalue weighted by Crippen LogP contribution is -2.33. The highest BCUT2D eigenvalue weighted by Gasteiger charge is 2.03. The molecule has 0 bridgehead atoms. The summed E-state index contributed by atoms with van der Waals surface area (Å²) in [6.07, 6.45) is 3.00. The molecule has 1 aromatic heterocycles. The van der Waals surface area contributed by atoms with Crippen molar-refractivity contribution < 1.29 is 14.0 Å². The van der Waals surface area contributed by atoms with Gasteiger partial charge in [-0.05, 0) is 37.3 Å². The van der Waals surface area contributed by atoms with Crippen molar-refractivity contribution >= 4 is 17.9 Å². The van der Waals surface area contributed by atoms with E-state index in [4.69, 9.17) is 4.42 Å². The van der Waals surface area contributed by atoms with Gasteiger partial charge in [-0.2, -0.15) is 0 Å². The highest BCUT2D eigenvalue weighted by molar-refractivity contribution is 5.94. The van der Waals surface area contributed by atoms with Crippen LogP contribution in [0.1, 0.15) is 21.9 Å². The Balaban J connectivity index is 1.67. The van der Waals surface area contributed by atoms with Crippen molar-refractivity contribution in [3.63, 3.8) is 0 Å². The number of aryl methyl sites for hydroxylation is 1. The molecule has 22 heavy (non-hydrogen) atoms. The van der Waals surface area contributed by atoms with Crippen molar-refractivity contribution in [2.75, 3.05) is 13.1 Å². The van der Waals surface area contributed by atoms with Gasteiger partial charge in [-0.15, -0.1) is 0 Å². The number of furan rings is 1. The van der Waals surface area contributed by atoms with E-state index in [1.54, 1.807) is 36.4 Å². The second kappa shape index (κ2) is 7.83. The van der Waals surface area contributed by atoms with Crippen LogP contribution in [0.3, 0.4) is 0 Å². The van der Waals surface area contributed by atoms with Gasteiger partial charge in [0, 0.05) is 24.7 Å². The van der Waals surface area contributed by atoms with E-state index in [-0.39, 0.29) is 11.8 Å². The minimum Gasteiger partial charge on any atom is -0.462 e. The summed E-state index contributed by atoms with van der Waals surface area (Å²) in [6, 6.07) is 12.6. The van der Waals surface area contributed by atoms with Gasteiger partial charge < -0.3 is 15.1 Å². The molecule has 0 aliphatic rings. The zero-order chi connectivity index (χ0) is 15.8. The first kappa shape index (κ1) is 15.6. The normalized spacial score (nSPS) is 10.6. The zero-order valence-corrected chi connectivity index (χ0v) is 12.3. The predicted octanol–water partition coefficient (Wildman–Crippen LogP) is 2.15. The molecule has 1 heterocycles. The van der Waals surface area contributed by atoms with Crippen LogP contribution >= 0.6 is 0 Å². The number of amides is 2. The zero-order valence-electron chi connectivity index (χ0n) is 12.3. The Labute approximate surface area is 129 Å². The van der Waals surface area contributed by atoms with Crippen LogP contribution in [-0.2, 0) is 4.79 Å². The average molecular weight is 298 g/mol. The lowest BCUT2D eigenvalue weighted by molar-refractivity contribution is -0.116. The summed E-state index contributed by atoms with van der Waals surface area (Å²) in [5.74, 6) is 1.04. The van der Waals surface area contributed by atoms with Crippen LogP contribution in [0.25, 0.3) is 6.08 Å². The molecule has 0 unspecified atom stereocenters. The maximum absolute atomic E-state index is 11.8. The van der Waals surface area contributed by atoms with E-state index >= 15 is 0 Å². The van der Waals surface area contributed by atoms with E-state index in [1.165, 1.54) is 6.08 Å². The first-order chi connectivity index (χ1) is 10.6. The maximum Gasteiger partial charge on any atom is 0.251 e. The van der Waals surface area contributed by atoms with Crippen molar-refractivity contribution in [1.82, 2.24) is 10.6 Å². The van der Waals surface area contributed by atoms with Gasteiger partial charge in [-0.3, -0.25) is 9.59 Å². The molecule has 2 rings (SSSR count). The molecule has 0 atom stereocenters. The fraction of sp³-hybridized carbons (Fsp3) is 0.176. The van der Waals surface area contributed by atoms with Crippen LogP contribution in [-0.4, -0.2) is 24.9 Å². The number of nitrogens with one attached hydrogen (secondary N) is 2. The van der Waals surface area contributed by atoms with Crippen molar-refractivity contribution in [2.24, 2.45) is 0 Å². The summed E-state index contributed by atoms with van der Waals surface area (Å²) in [6.45, 7) is 2.57. The van der Waals surface area contributed by atoms with Crippen LogP contribution in [0.15, 0.2) is 53.0 Å². The summed E-state index contributed by atoms with van der Waals surface area (Å²) in [7, 11) is 0. The van der Waals surface area contributed by atoms with Gasteiger partial charge in [0.25, 0.3) is 5.91 Å². The van der Waals surface area contributed by atoms with Gasteiger partial charge in [-0.1, -0.05) is 18.2 Å². The summed E-state index contributed by atoms with van der Waals surface area (Å²) >= 11 is 0. The van der Waals surface area contributed by atoms with Gasteiger partial charge in [0.1, 0.15) is 11.5 Å². The molecule has 114 valence electrons. The van der Waals surface area contributed by atoms with Gasteiger partial charge in [-0.25, -0.2) is 0 Å². The molecular formula is C17H18N2O3. The lowest BCUT2D eigenvalue weighted by Gasteiger charge is -2.05. The molecule has 0 radical (unpaired) electrons. The Morgan fingerprint density at radius 1 is 1.05 bits per heavy atom. The fourth-order valence-electron chi connectivity index (χ4n) is 1.81. The Morgan fingerprint density at radius 3 is 2.45 bits per heavy atom. The van der Waals surface area contributed by atoms with E-state index in [1.807, 2.05) is 19.1 Å². The third kappa shape index (κ3) is 4.94. The molecule has 0 fully saturated rings. The van der Waals surface area contributed by atoms with Crippen LogP contribution in [0.4, 0.5) is 0 Å². The SMILES string of the molecule is Cc1ccc(/C=C/C(=O)NCCNC(=O)c2ccccc2)o1. The predicted molar refractivity (Wildman–Crippen MR) is 84.3 cm³/mol. The van der Waals surface area contributed by atoms with Crippen molar-refractivity contribution in [3.05, 3.63) is 65.6 Å². The Kier molecular flexibility index (Phi) is 5.54. The molecule has 1 aromatic carbocycles. The smallest absolute Gasteiger partial charge is 0.251 e. The van der Waals surface area contributed by atoms with Crippen LogP contribution in [0.2, 0.25) is 0 Å². The first-order valence-electron chi connectivity index (χ1n) is 7.01. The Hall–Kier alpha value is -2.82. The average Bonchev–Trinajstić information content (AvgIpc) is 2.96. The van der Waals surface area contributed by atoms with Crippen molar-refractivity contribution in [1.29, 1.82) is 0 Å². The monoisotopic (exact) mass is 298 g/mol. The number of carbonyl (C=O) groups is 2. The van der Waals surface area contributed by atoms with Gasteiger partial charge in [0.05, 0.1) is 0 Å². The molecule has 5 nitrogen and oxygen atoms in total. The van der Waals surface area contributed by atoms with Crippen molar-refractivity contribution in [3.8, 4) is 0 Å². The molecular weight excluding hydrogens is 280 g/mol. The molecule has 0 aliphatic heterocycles. The van der Waals surface area contributed by atoms with E-state index in [0.29, 0.717) is 24.4 Å². The quantitative estimate of drug-likeness (QED) is 0.634. The third-order valence-corrected chi connectivity index (χ3v) is 2.91. The molecule has 2 aromatic rings. The van der Waals surface area contributed by atoms with E-state index in [2.05, 4.69) is 10.6 Å². The van der Waals surface area contributed by atoms with E-state index in [9.17, 15) is 9.59 Å². The van der Waals surface area contributed by atoms with Gasteiger partial charge in [0.2, 0.25) is 5.91 Å². The number of benzene rings is 1. The Bertz CT molecular complexity index is 660. The largest absolute Gasteiger partial charge is 0.462 e. The second-order valence-corrected chi connectivity index (χ2v) is 4.69. The highest BCUT2D eigenvalue weighted by Crippen LogP contribution is 2.07. The number of carbonyl (C=O) groups excluding carboxylic acids is 2. The first-order valence-corrected chi connectivity index (χ1v) is 7.01. The molecule has 5 heteroatoms. The van der Waals surface area contributed by atoms with Crippen LogP contribution in [0.5, 0.6) is 0 Å². The highest BCUT2D eigenvalue weighted by atomic mass is 16.3. The Morgan fingerprint density at radius 2 is 1.77 bits per heavy atom. The van der Waals surface area contributed by atoms with Crippen molar-refractivity contribution in [2.45, 2.75) is 6.92 Å². The molecule has 0 aliphatic carbocycles.